The highest BCUT2D eigenvalue weighted by Gasteiger charge is 2.23. The summed E-state index contributed by atoms with van der Waals surface area (Å²) in [5, 5.41) is 9.54. The third-order valence-corrected chi connectivity index (χ3v) is 7.41. The molecule has 0 bridgehead atoms. The Labute approximate surface area is 202 Å². The van der Waals surface area contributed by atoms with Crippen LogP contribution in [0.5, 0.6) is 0 Å². The van der Waals surface area contributed by atoms with E-state index in [0.717, 1.165) is 13.1 Å². The highest BCUT2D eigenvalue weighted by molar-refractivity contribution is 7.90. The first kappa shape index (κ1) is 25.1. The summed E-state index contributed by atoms with van der Waals surface area (Å²) in [6.07, 6.45) is 1.17. The van der Waals surface area contributed by atoms with Gasteiger partial charge < -0.3 is 4.74 Å². The maximum Gasteiger partial charge on any atom is 0.260 e. The molecule has 3 aromatic rings. The number of benzene rings is 2. The van der Waals surface area contributed by atoms with E-state index in [0.29, 0.717) is 52.8 Å². The van der Waals surface area contributed by atoms with Crippen molar-refractivity contribution in [1.29, 1.82) is 5.26 Å². The summed E-state index contributed by atoms with van der Waals surface area (Å²) < 4.78 is 29.9. The molecule has 1 aliphatic rings. The molecule has 1 aromatic heterocycles. The van der Waals surface area contributed by atoms with E-state index in [2.05, 4.69) is 16.0 Å². The number of hydrogen-bond donors (Lipinski definition) is 0. The highest BCUT2D eigenvalue weighted by atomic mass is 35.5. The number of anilines is 1. The SMILES string of the molecule is CS(=O)(=O)c1ccc2nc(N(CCN3CCOCC3)C(=O)c3ccc(C#N)cc3)sc2c1.Cl. The minimum absolute atomic E-state index is 0. The van der Waals surface area contributed by atoms with Crippen molar-refractivity contribution in [2.75, 3.05) is 50.5 Å². The standard InChI is InChI=1S/C22H22N4O4S2.ClH/c1-32(28,29)18-6-7-19-20(14-18)31-22(24-19)26(9-8-25-10-12-30-13-11-25)21(27)17-4-2-16(15-23)3-5-17;/h2-7,14H,8-13H2,1H3;1H. The molecule has 8 nitrogen and oxygen atoms in total. The molecule has 0 N–H and O–H groups in total. The van der Waals surface area contributed by atoms with Gasteiger partial charge in [-0.2, -0.15) is 5.26 Å². The predicted octanol–water partition coefficient (Wildman–Crippen LogP) is 2.97. The predicted molar refractivity (Wildman–Crippen MR) is 130 cm³/mol. The van der Waals surface area contributed by atoms with Gasteiger partial charge in [-0.3, -0.25) is 14.6 Å². The summed E-state index contributed by atoms with van der Waals surface area (Å²) in [6, 6.07) is 13.3. The molecule has 1 fully saturated rings. The zero-order valence-corrected chi connectivity index (χ0v) is 20.4. The number of thiazole rings is 1. The van der Waals surface area contributed by atoms with Crippen molar-refractivity contribution in [3.63, 3.8) is 0 Å². The van der Waals surface area contributed by atoms with E-state index in [4.69, 9.17) is 10.00 Å². The number of ether oxygens (including phenoxy) is 1. The lowest BCUT2D eigenvalue weighted by Gasteiger charge is -2.29. The fourth-order valence-corrected chi connectivity index (χ4v) is 5.18. The van der Waals surface area contributed by atoms with Gasteiger partial charge in [-0.05, 0) is 42.5 Å². The zero-order valence-electron chi connectivity index (χ0n) is 17.9. The molecular weight excluding hydrogens is 484 g/mol. The van der Waals surface area contributed by atoms with Crippen molar-refractivity contribution in [1.82, 2.24) is 9.88 Å². The Kier molecular flexibility index (Phi) is 8.05. The van der Waals surface area contributed by atoms with E-state index in [-0.39, 0.29) is 23.2 Å². The van der Waals surface area contributed by atoms with Crippen LogP contribution in [0.2, 0.25) is 0 Å². The number of fused-ring (bicyclic) bond motifs is 1. The lowest BCUT2D eigenvalue weighted by atomic mass is 10.1. The number of amides is 1. The Morgan fingerprint density at radius 2 is 1.91 bits per heavy atom. The topological polar surface area (TPSA) is 104 Å². The highest BCUT2D eigenvalue weighted by Crippen LogP contribution is 2.31. The number of halogens is 1. The van der Waals surface area contributed by atoms with Gasteiger partial charge in [0.1, 0.15) is 0 Å². The maximum atomic E-state index is 13.4. The monoisotopic (exact) mass is 506 g/mol. The number of rotatable bonds is 6. The van der Waals surface area contributed by atoms with E-state index >= 15 is 0 Å². The molecule has 0 saturated carbocycles. The minimum Gasteiger partial charge on any atom is -0.379 e. The van der Waals surface area contributed by atoms with Crippen LogP contribution in [0.25, 0.3) is 10.2 Å². The summed E-state index contributed by atoms with van der Waals surface area (Å²) in [6.45, 7) is 4.03. The molecule has 1 amide bonds. The van der Waals surface area contributed by atoms with Gasteiger partial charge >= 0.3 is 0 Å². The zero-order chi connectivity index (χ0) is 22.7. The van der Waals surface area contributed by atoms with Gasteiger partial charge in [0.2, 0.25) is 0 Å². The summed E-state index contributed by atoms with van der Waals surface area (Å²) in [5.74, 6) is -0.217. The van der Waals surface area contributed by atoms with Crippen LogP contribution in [0.3, 0.4) is 0 Å². The molecule has 4 rings (SSSR count). The molecule has 33 heavy (non-hydrogen) atoms. The van der Waals surface area contributed by atoms with Gasteiger partial charge in [0.05, 0.1) is 40.0 Å². The van der Waals surface area contributed by atoms with Crippen molar-refractivity contribution >= 4 is 54.8 Å². The molecule has 1 saturated heterocycles. The Balaban J connectivity index is 0.00000306. The number of carbonyl (C=O) groups is 1. The van der Waals surface area contributed by atoms with Crippen LogP contribution in [-0.4, -0.2) is 69.9 Å². The first-order valence-corrected chi connectivity index (χ1v) is 12.8. The van der Waals surface area contributed by atoms with Crippen LogP contribution in [-0.2, 0) is 14.6 Å². The van der Waals surface area contributed by atoms with Crippen molar-refractivity contribution < 1.29 is 17.9 Å². The fraction of sp³-hybridized carbons (Fsp3) is 0.318. The van der Waals surface area contributed by atoms with Crippen LogP contribution in [0, 0.1) is 11.3 Å². The maximum absolute atomic E-state index is 13.4. The molecule has 11 heteroatoms. The van der Waals surface area contributed by atoms with E-state index < -0.39 is 9.84 Å². The van der Waals surface area contributed by atoms with Crippen LogP contribution < -0.4 is 4.90 Å². The minimum atomic E-state index is -3.34. The Morgan fingerprint density at radius 3 is 2.55 bits per heavy atom. The second-order valence-electron chi connectivity index (χ2n) is 7.50. The normalized spacial score (nSPS) is 14.4. The Hall–Kier alpha value is -2.55. The summed E-state index contributed by atoms with van der Waals surface area (Å²) in [5.41, 5.74) is 1.58. The Morgan fingerprint density at radius 1 is 1.21 bits per heavy atom. The van der Waals surface area contributed by atoms with Crippen molar-refractivity contribution in [2.24, 2.45) is 0 Å². The molecular formula is C22H23ClN4O4S2. The van der Waals surface area contributed by atoms with E-state index in [9.17, 15) is 13.2 Å². The second-order valence-corrected chi connectivity index (χ2v) is 10.5. The van der Waals surface area contributed by atoms with Gasteiger partial charge in [-0.15, -0.1) is 12.4 Å². The molecule has 2 aromatic carbocycles. The van der Waals surface area contributed by atoms with Gasteiger partial charge in [-0.1, -0.05) is 11.3 Å². The molecule has 0 spiro atoms. The third-order valence-electron chi connectivity index (χ3n) is 5.26. The molecule has 174 valence electrons. The average Bonchev–Trinajstić information content (AvgIpc) is 3.22. The van der Waals surface area contributed by atoms with E-state index in [1.165, 1.54) is 23.7 Å². The van der Waals surface area contributed by atoms with Crippen molar-refractivity contribution in [3.8, 4) is 6.07 Å². The smallest absolute Gasteiger partial charge is 0.260 e. The largest absolute Gasteiger partial charge is 0.379 e. The summed E-state index contributed by atoms with van der Waals surface area (Å²) in [4.78, 5) is 22.1. The summed E-state index contributed by atoms with van der Waals surface area (Å²) in [7, 11) is -3.34. The van der Waals surface area contributed by atoms with Crippen LogP contribution in [0.1, 0.15) is 15.9 Å². The van der Waals surface area contributed by atoms with Crippen molar-refractivity contribution in [2.45, 2.75) is 4.90 Å². The second kappa shape index (κ2) is 10.6. The number of aromatic nitrogens is 1. The average molecular weight is 507 g/mol. The summed E-state index contributed by atoms with van der Waals surface area (Å²) >= 11 is 1.29. The Bertz CT molecular complexity index is 1280. The quantitative estimate of drug-likeness (QED) is 0.506. The molecule has 0 aliphatic carbocycles. The first-order chi connectivity index (χ1) is 15.3. The van der Waals surface area contributed by atoms with Crippen molar-refractivity contribution in [3.05, 3.63) is 53.6 Å². The third kappa shape index (κ3) is 5.88. The van der Waals surface area contributed by atoms with Gasteiger partial charge in [0, 0.05) is 38.0 Å². The number of hydrogen-bond acceptors (Lipinski definition) is 8. The number of carbonyl (C=O) groups excluding carboxylic acids is 1. The molecule has 2 heterocycles. The molecule has 0 radical (unpaired) electrons. The number of nitrogens with zero attached hydrogens (tertiary/aromatic N) is 4. The molecule has 1 aliphatic heterocycles. The number of morpholine rings is 1. The number of nitriles is 1. The van der Waals surface area contributed by atoms with Gasteiger partial charge in [0.15, 0.2) is 15.0 Å². The van der Waals surface area contributed by atoms with Gasteiger partial charge in [0.25, 0.3) is 5.91 Å². The van der Waals surface area contributed by atoms with Gasteiger partial charge in [-0.25, -0.2) is 13.4 Å². The number of sulfone groups is 1. The van der Waals surface area contributed by atoms with Crippen LogP contribution in [0.4, 0.5) is 5.13 Å². The van der Waals surface area contributed by atoms with E-state index in [1.54, 1.807) is 41.3 Å². The fourth-order valence-electron chi connectivity index (χ4n) is 3.43. The van der Waals surface area contributed by atoms with Crippen LogP contribution in [0.15, 0.2) is 47.4 Å². The first-order valence-electron chi connectivity index (χ1n) is 10.1. The van der Waals surface area contributed by atoms with E-state index in [1.807, 2.05) is 0 Å². The molecule has 0 unspecified atom stereocenters. The molecule has 0 atom stereocenters. The van der Waals surface area contributed by atoms with Crippen LogP contribution >= 0.6 is 23.7 Å². The lowest BCUT2D eigenvalue weighted by molar-refractivity contribution is 0.0391. The lowest BCUT2D eigenvalue weighted by Crippen LogP contribution is -2.43.